The predicted octanol–water partition coefficient (Wildman–Crippen LogP) is 7.51. The van der Waals surface area contributed by atoms with Crippen molar-refractivity contribution in [3.8, 4) is 0 Å². The molecular weight excluding hydrogens is 518 g/mol. The van der Waals surface area contributed by atoms with E-state index in [2.05, 4.69) is 0 Å². The lowest BCUT2D eigenvalue weighted by atomic mass is 10.0. The molecule has 0 unspecified atom stereocenters. The number of alkyl halides is 12. The molecule has 0 saturated heterocycles. The summed E-state index contributed by atoms with van der Waals surface area (Å²) in [5, 5.41) is 10.0. The van der Waals surface area contributed by atoms with Crippen molar-refractivity contribution < 1.29 is 62.4 Å². The van der Waals surface area contributed by atoms with Crippen LogP contribution in [0.15, 0.2) is 42.6 Å². The van der Waals surface area contributed by atoms with Gasteiger partial charge in [0.15, 0.2) is 0 Å². The number of aldehydes is 1. The average molecular weight is 527 g/mol. The second kappa shape index (κ2) is 10.4. The molecule has 4 nitrogen and oxygen atoms in total. The fraction of sp³-hybridized carbons (Fsp3) is 0.211. The number of carbonyl (C=O) groups excluding carboxylic acids is 1. The van der Waals surface area contributed by atoms with Crippen LogP contribution in [-0.2, 0) is 24.7 Å². The highest BCUT2D eigenvalue weighted by atomic mass is 19.4. The summed E-state index contributed by atoms with van der Waals surface area (Å²) in [7, 11) is 0. The Morgan fingerprint density at radius 3 is 1.09 bits per heavy atom. The molecule has 0 aliphatic rings. The Labute approximate surface area is 186 Å². The SMILES string of the molecule is O=Cc1cc(C(F)(F)F)cc(C(F)(F)F)c1.O=[N+]([O-])/C=C/c1cc(C(F)(F)F)cc(C(F)(F)F)c1. The summed E-state index contributed by atoms with van der Waals surface area (Å²) in [6.45, 7) is 0. The van der Waals surface area contributed by atoms with E-state index in [1.807, 2.05) is 0 Å². The van der Waals surface area contributed by atoms with Crippen molar-refractivity contribution in [2.24, 2.45) is 0 Å². The van der Waals surface area contributed by atoms with Gasteiger partial charge in [0.2, 0.25) is 6.20 Å². The summed E-state index contributed by atoms with van der Waals surface area (Å²) in [6.07, 6.45) is -19.0. The lowest BCUT2D eigenvalue weighted by Crippen LogP contribution is -2.11. The zero-order valence-corrected chi connectivity index (χ0v) is 16.4. The third kappa shape index (κ3) is 9.29. The van der Waals surface area contributed by atoms with Gasteiger partial charge in [0.25, 0.3) is 0 Å². The van der Waals surface area contributed by atoms with Gasteiger partial charge in [-0.25, -0.2) is 0 Å². The van der Waals surface area contributed by atoms with E-state index < -0.39 is 63.0 Å². The van der Waals surface area contributed by atoms with Crippen molar-refractivity contribution in [3.05, 3.63) is 86.1 Å². The van der Waals surface area contributed by atoms with E-state index in [9.17, 15) is 67.6 Å². The summed E-state index contributed by atoms with van der Waals surface area (Å²) < 4.78 is 148. The Morgan fingerprint density at radius 1 is 0.571 bits per heavy atom. The van der Waals surface area contributed by atoms with E-state index in [1.54, 1.807) is 0 Å². The van der Waals surface area contributed by atoms with Crippen LogP contribution in [0.25, 0.3) is 6.08 Å². The van der Waals surface area contributed by atoms with Gasteiger partial charge in [-0.1, -0.05) is 0 Å². The maximum absolute atomic E-state index is 12.4. The number of nitrogens with zero attached hydrogens (tertiary/aromatic N) is 1. The normalized spacial score (nSPS) is 12.8. The minimum Gasteiger partial charge on any atom is -0.298 e. The fourth-order valence-corrected chi connectivity index (χ4v) is 2.27. The molecule has 16 heteroatoms. The molecule has 0 amide bonds. The number of nitro groups is 1. The smallest absolute Gasteiger partial charge is 0.298 e. The molecule has 0 heterocycles. The van der Waals surface area contributed by atoms with Gasteiger partial charge in [-0.2, -0.15) is 52.7 Å². The lowest BCUT2D eigenvalue weighted by Gasteiger charge is -2.12. The molecule has 0 aliphatic heterocycles. The van der Waals surface area contributed by atoms with Crippen molar-refractivity contribution in [2.45, 2.75) is 24.7 Å². The van der Waals surface area contributed by atoms with Crippen LogP contribution in [0.4, 0.5) is 52.7 Å². The Kier molecular flexibility index (Phi) is 8.71. The fourth-order valence-electron chi connectivity index (χ4n) is 2.27. The van der Waals surface area contributed by atoms with E-state index >= 15 is 0 Å². The predicted molar refractivity (Wildman–Crippen MR) is 94.3 cm³/mol. The quantitative estimate of drug-likeness (QED) is 0.180. The average Bonchev–Trinajstić information content (AvgIpc) is 2.69. The molecule has 0 bridgehead atoms. The van der Waals surface area contributed by atoms with Crippen molar-refractivity contribution in [2.75, 3.05) is 0 Å². The van der Waals surface area contributed by atoms with E-state index in [4.69, 9.17) is 0 Å². The minimum absolute atomic E-state index is 0.0347. The molecule has 0 saturated carbocycles. The summed E-state index contributed by atoms with van der Waals surface area (Å²) in [5.74, 6) is 0. The van der Waals surface area contributed by atoms with Gasteiger partial charge in [0.1, 0.15) is 6.29 Å². The first-order valence-electron chi connectivity index (χ1n) is 8.50. The topological polar surface area (TPSA) is 60.2 Å². The maximum Gasteiger partial charge on any atom is 0.416 e. The first-order valence-corrected chi connectivity index (χ1v) is 8.50. The van der Waals surface area contributed by atoms with Crippen molar-refractivity contribution >= 4 is 12.4 Å². The lowest BCUT2D eigenvalue weighted by molar-refractivity contribution is -0.400. The molecule has 0 fully saturated rings. The Balaban J connectivity index is 0.000000355. The third-order valence-corrected chi connectivity index (χ3v) is 3.74. The van der Waals surface area contributed by atoms with Gasteiger partial charge < -0.3 is 0 Å². The molecule has 35 heavy (non-hydrogen) atoms. The zero-order chi connectivity index (χ0) is 27.4. The van der Waals surface area contributed by atoms with Crippen LogP contribution >= 0.6 is 0 Å². The number of hydrogen-bond donors (Lipinski definition) is 0. The molecule has 2 rings (SSSR count). The standard InChI is InChI=1S/C10H5F6NO2.C9H4F6O/c11-9(12,13)7-3-6(1-2-17(18)19)4-8(5-7)10(14,15)16;10-8(11,12)6-1-5(4-16)2-7(3-6)9(13,14)15/h1-5H;1-4H/b2-1+;. The molecule has 0 radical (unpaired) electrons. The molecule has 0 spiro atoms. The number of benzene rings is 2. The van der Waals surface area contributed by atoms with Crippen LogP contribution in [0.5, 0.6) is 0 Å². The van der Waals surface area contributed by atoms with E-state index in [-0.39, 0.29) is 24.6 Å². The second-order valence-electron chi connectivity index (χ2n) is 6.40. The largest absolute Gasteiger partial charge is 0.416 e. The van der Waals surface area contributed by atoms with Crippen molar-refractivity contribution in [3.63, 3.8) is 0 Å². The monoisotopic (exact) mass is 527 g/mol. The van der Waals surface area contributed by atoms with Crippen LogP contribution < -0.4 is 0 Å². The molecule has 0 aliphatic carbocycles. The molecule has 0 atom stereocenters. The van der Waals surface area contributed by atoms with Gasteiger partial charge >= 0.3 is 24.7 Å². The number of carbonyl (C=O) groups is 1. The zero-order valence-electron chi connectivity index (χ0n) is 16.4. The highest BCUT2D eigenvalue weighted by Crippen LogP contribution is 2.37. The number of hydrogen-bond acceptors (Lipinski definition) is 3. The van der Waals surface area contributed by atoms with Crippen LogP contribution in [0.1, 0.15) is 38.2 Å². The second-order valence-corrected chi connectivity index (χ2v) is 6.40. The van der Waals surface area contributed by atoms with Gasteiger partial charge in [-0.15, -0.1) is 0 Å². The van der Waals surface area contributed by atoms with Gasteiger partial charge in [0.05, 0.1) is 27.2 Å². The van der Waals surface area contributed by atoms with Crippen LogP contribution in [0.2, 0.25) is 0 Å². The molecule has 2 aromatic carbocycles. The molecule has 0 aromatic heterocycles. The molecule has 0 N–H and O–H groups in total. The number of halogens is 12. The van der Waals surface area contributed by atoms with E-state index in [0.717, 1.165) is 0 Å². The Hall–Kier alpha value is -3.59. The number of rotatable bonds is 3. The van der Waals surface area contributed by atoms with Crippen molar-refractivity contribution in [1.29, 1.82) is 0 Å². The summed E-state index contributed by atoms with van der Waals surface area (Å²) >= 11 is 0. The summed E-state index contributed by atoms with van der Waals surface area (Å²) in [5.41, 5.74) is -7.26. The Morgan fingerprint density at radius 2 is 0.857 bits per heavy atom. The Bertz CT molecular complexity index is 1030. The molecular formula is C19H9F12NO3. The third-order valence-electron chi connectivity index (χ3n) is 3.74. The van der Waals surface area contributed by atoms with Crippen LogP contribution in [-0.4, -0.2) is 11.2 Å². The van der Waals surface area contributed by atoms with E-state index in [0.29, 0.717) is 30.3 Å². The highest BCUT2D eigenvalue weighted by molar-refractivity contribution is 5.75. The van der Waals surface area contributed by atoms with Crippen molar-refractivity contribution in [1.82, 2.24) is 0 Å². The first-order chi connectivity index (χ1) is 15.6. The highest BCUT2D eigenvalue weighted by Gasteiger charge is 2.37. The summed E-state index contributed by atoms with van der Waals surface area (Å²) in [4.78, 5) is 19.2. The van der Waals surface area contributed by atoms with Crippen LogP contribution in [0.3, 0.4) is 0 Å². The van der Waals surface area contributed by atoms with Gasteiger partial charge in [-0.3, -0.25) is 14.9 Å². The first kappa shape index (κ1) is 29.4. The summed E-state index contributed by atoms with van der Waals surface area (Å²) in [6, 6.07) is 1.44. The maximum atomic E-state index is 12.4. The molecule has 2 aromatic rings. The molecule has 192 valence electrons. The van der Waals surface area contributed by atoms with Gasteiger partial charge in [-0.05, 0) is 42.0 Å². The van der Waals surface area contributed by atoms with E-state index in [1.165, 1.54) is 0 Å². The minimum atomic E-state index is -4.97. The van der Waals surface area contributed by atoms with Crippen LogP contribution in [0, 0.1) is 10.1 Å². The van der Waals surface area contributed by atoms with Gasteiger partial charge in [0, 0.05) is 11.6 Å².